The summed E-state index contributed by atoms with van der Waals surface area (Å²) >= 11 is 0. The fourth-order valence-corrected chi connectivity index (χ4v) is 2.08. The predicted molar refractivity (Wildman–Crippen MR) is 66.4 cm³/mol. The summed E-state index contributed by atoms with van der Waals surface area (Å²) in [7, 11) is 0. The van der Waals surface area contributed by atoms with Crippen LogP contribution in [0.2, 0.25) is 0 Å². The Kier molecular flexibility index (Phi) is 2.24. The fraction of sp³-hybridized carbons (Fsp3) is 0.267. The third-order valence-corrected chi connectivity index (χ3v) is 3.17. The molecule has 3 rings (SSSR count). The molecule has 1 fully saturated rings. The van der Waals surface area contributed by atoms with Crippen molar-refractivity contribution in [3.8, 4) is 11.1 Å². The molecule has 1 heteroatoms. The molecule has 0 amide bonds. The van der Waals surface area contributed by atoms with Gasteiger partial charge >= 0.3 is 0 Å². The van der Waals surface area contributed by atoms with Crippen LogP contribution in [0.15, 0.2) is 42.7 Å². The number of aromatic nitrogens is 1. The quantitative estimate of drug-likeness (QED) is 0.730. The molecule has 0 unspecified atom stereocenters. The molecule has 16 heavy (non-hydrogen) atoms. The van der Waals surface area contributed by atoms with Crippen LogP contribution in [0, 0.1) is 6.92 Å². The van der Waals surface area contributed by atoms with Crippen LogP contribution >= 0.6 is 0 Å². The zero-order valence-corrected chi connectivity index (χ0v) is 9.48. The minimum Gasteiger partial charge on any atom is -0.264 e. The average molecular weight is 209 g/mol. The van der Waals surface area contributed by atoms with E-state index in [4.69, 9.17) is 0 Å². The van der Waals surface area contributed by atoms with Crippen LogP contribution in [0.4, 0.5) is 0 Å². The molecule has 1 nitrogen and oxygen atoms in total. The molecule has 1 aromatic carbocycles. The van der Waals surface area contributed by atoms with Crippen molar-refractivity contribution in [2.24, 2.45) is 0 Å². The monoisotopic (exact) mass is 209 g/mol. The number of nitrogens with zero attached hydrogens (tertiary/aromatic N) is 1. The Morgan fingerprint density at radius 1 is 1.00 bits per heavy atom. The van der Waals surface area contributed by atoms with Crippen LogP contribution in [-0.4, -0.2) is 4.98 Å². The number of hydrogen-bond donors (Lipinski definition) is 0. The second kappa shape index (κ2) is 3.75. The van der Waals surface area contributed by atoms with E-state index in [0.717, 1.165) is 5.92 Å². The first kappa shape index (κ1) is 9.59. The molecule has 0 atom stereocenters. The zero-order chi connectivity index (χ0) is 11.0. The molecule has 1 aliphatic carbocycles. The van der Waals surface area contributed by atoms with E-state index < -0.39 is 0 Å². The number of hydrogen-bond acceptors (Lipinski definition) is 1. The largest absolute Gasteiger partial charge is 0.264 e. The molecular formula is C15H15N. The molecule has 0 aliphatic heterocycles. The standard InChI is InChI=1S/C15H15N/c1-11-8-15(10-16-9-11)14-6-4-13(5-7-14)12-2-3-12/h4-10,12H,2-3H2,1H3. The van der Waals surface area contributed by atoms with E-state index in [-0.39, 0.29) is 0 Å². The van der Waals surface area contributed by atoms with Gasteiger partial charge in [0, 0.05) is 18.0 Å². The molecule has 0 N–H and O–H groups in total. The molecule has 80 valence electrons. The minimum absolute atomic E-state index is 0.838. The lowest BCUT2D eigenvalue weighted by molar-refractivity contribution is 1.13. The lowest BCUT2D eigenvalue weighted by Crippen LogP contribution is -1.84. The topological polar surface area (TPSA) is 12.9 Å². The van der Waals surface area contributed by atoms with Crippen molar-refractivity contribution in [3.63, 3.8) is 0 Å². The lowest BCUT2D eigenvalue weighted by Gasteiger charge is -2.04. The molecule has 1 aliphatic rings. The van der Waals surface area contributed by atoms with Gasteiger partial charge in [-0.3, -0.25) is 4.98 Å². The summed E-state index contributed by atoms with van der Waals surface area (Å²) in [6.07, 6.45) is 6.55. The van der Waals surface area contributed by atoms with Gasteiger partial charge < -0.3 is 0 Å². The number of pyridine rings is 1. The summed E-state index contributed by atoms with van der Waals surface area (Å²) < 4.78 is 0. The van der Waals surface area contributed by atoms with Gasteiger partial charge in [0.1, 0.15) is 0 Å². The van der Waals surface area contributed by atoms with Crippen molar-refractivity contribution in [1.82, 2.24) is 4.98 Å². The first-order valence-corrected chi connectivity index (χ1v) is 5.85. The maximum absolute atomic E-state index is 4.23. The second-order valence-corrected chi connectivity index (χ2v) is 4.65. The summed E-state index contributed by atoms with van der Waals surface area (Å²) in [5, 5.41) is 0. The summed E-state index contributed by atoms with van der Waals surface area (Å²) in [5.41, 5.74) is 5.18. The van der Waals surface area contributed by atoms with E-state index in [1.165, 1.54) is 35.1 Å². The molecule has 0 radical (unpaired) electrons. The maximum atomic E-state index is 4.23. The highest BCUT2D eigenvalue weighted by Crippen LogP contribution is 2.40. The lowest BCUT2D eigenvalue weighted by atomic mass is 10.0. The summed E-state index contributed by atoms with van der Waals surface area (Å²) in [6, 6.07) is 11.1. The van der Waals surface area contributed by atoms with Crippen molar-refractivity contribution >= 4 is 0 Å². The number of aryl methyl sites for hydroxylation is 1. The van der Waals surface area contributed by atoms with E-state index in [1.807, 2.05) is 12.4 Å². The van der Waals surface area contributed by atoms with Gasteiger partial charge in [-0.25, -0.2) is 0 Å². The Morgan fingerprint density at radius 2 is 1.75 bits per heavy atom. The van der Waals surface area contributed by atoms with Gasteiger partial charge in [-0.05, 0) is 48.4 Å². The molecule has 2 aromatic rings. The summed E-state index contributed by atoms with van der Waals surface area (Å²) in [5.74, 6) is 0.838. The van der Waals surface area contributed by atoms with Gasteiger partial charge in [-0.2, -0.15) is 0 Å². The summed E-state index contributed by atoms with van der Waals surface area (Å²) in [6.45, 7) is 2.08. The maximum Gasteiger partial charge on any atom is 0.0346 e. The van der Waals surface area contributed by atoms with Crippen LogP contribution in [0.5, 0.6) is 0 Å². The second-order valence-electron chi connectivity index (χ2n) is 4.65. The molecule has 0 spiro atoms. The predicted octanol–water partition coefficient (Wildman–Crippen LogP) is 3.93. The van der Waals surface area contributed by atoms with Gasteiger partial charge in [-0.15, -0.1) is 0 Å². The van der Waals surface area contributed by atoms with Crippen molar-refractivity contribution in [2.45, 2.75) is 25.7 Å². The van der Waals surface area contributed by atoms with E-state index in [1.54, 1.807) is 0 Å². The summed E-state index contributed by atoms with van der Waals surface area (Å²) in [4.78, 5) is 4.23. The highest BCUT2D eigenvalue weighted by atomic mass is 14.6. The highest BCUT2D eigenvalue weighted by molar-refractivity contribution is 5.63. The van der Waals surface area contributed by atoms with Gasteiger partial charge in [0.15, 0.2) is 0 Å². The van der Waals surface area contributed by atoms with E-state index >= 15 is 0 Å². The number of rotatable bonds is 2. The highest BCUT2D eigenvalue weighted by Gasteiger charge is 2.22. The molecule has 1 heterocycles. The Balaban J connectivity index is 1.94. The smallest absolute Gasteiger partial charge is 0.0346 e. The molecule has 1 saturated carbocycles. The van der Waals surface area contributed by atoms with E-state index in [0.29, 0.717) is 0 Å². The normalized spacial score (nSPS) is 15.1. The van der Waals surface area contributed by atoms with Crippen molar-refractivity contribution in [3.05, 3.63) is 53.9 Å². The number of benzene rings is 1. The van der Waals surface area contributed by atoms with Crippen LogP contribution in [0.1, 0.15) is 29.9 Å². The van der Waals surface area contributed by atoms with Crippen molar-refractivity contribution in [2.75, 3.05) is 0 Å². The van der Waals surface area contributed by atoms with Gasteiger partial charge in [0.05, 0.1) is 0 Å². The SMILES string of the molecule is Cc1cncc(-c2ccc(C3CC3)cc2)c1. The van der Waals surface area contributed by atoms with Crippen LogP contribution in [-0.2, 0) is 0 Å². The van der Waals surface area contributed by atoms with Crippen molar-refractivity contribution < 1.29 is 0 Å². The Labute approximate surface area is 96.2 Å². The first-order chi connectivity index (χ1) is 7.83. The molecule has 0 saturated heterocycles. The molecule has 1 aromatic heterocycles. The van der Waals surface area contributed by atoms with Gasteiger partial charge in [0.25, 0.3) is 0 Å². The zero-order valence-electron chi connectivity index (χ0n) is 9.48. The molecule has 0 bridgehead atoms. The van der Waals surface area contributed by atoms with Crippen LogP contribution in [0.3, 0.4) is 0 Å². The fourth-order valence-electron chi connectivity index (χ4n) is 2.08. The van der Waals surface area contributed by atoms with Crippen molar-refractivity contribution in [1.29, 1.82) is 0 Å². The minimum atomic E-state index is 0.838. The Bertz CT molecular complexity index is 495. The Hall–Kier alpha value is -1.63. The van der Waals surface area contributed by atoms with Gasteiger partial charge in [0.2, 0.25) is 0 Å². The third kappa shape index (κ3) is 1.85. The third-order valence-electron chi connectivity index (χ3n) is 3.17. The van der Waals surface area contributed by atoms with E-state index in [2.05, 4.69) is 42.2 Å². The van der Waals surface area contributed by atoms with Crippen LogP contribution < -0.4 is 0 Å². The average Bonchev–Trinajstić information content (AvgIpc) is 3.13. The first-order valence-electron chi connectivity index (χ1n) is 5.85. The van der Waals surface area contributed by atoms with Gasteiger partial charge in [-0.1, -0.05) is 24.3 Å². The van der Waals surface area contributed by atoms with E-state index in [9.17, 15) is 0 Å². The Morgan fingerprint density at radius 3 is 2.38 bits per heavy atom. The van der Waals surface area contributed by atoms with Crippen LogP contribution in [0.25, 0.3) is 11.1 Å². The molecular weight excluding hydrogens is 194 g/mol.